The fourth-order valence-electron chi connectivity index (χ4n) is 1.55. The molecule has 0 aliphatic heterocycles. The molecule has 19 heavy (non-hydrogen) atoms. The highest BCUT2D eigenvalue weighted by atomic mass is 35.5. The van der Waals surface area contributed by atoms with Crippen molar-refractivity contribution in [1.29, 1.82) is 0 Å². The van der Waals surface area contributed by atoms with Crippen molar-refractivity contribution >= 4 is 29.1 Å². The Bertz CT molecular complexity index is 613. The number of ketones is 1. The number of hydrogen-bond donors (Lipinski definition) is 0. The second kappa shape index (κ2) is 6.22. The molecule has 2 rings (SSSR count). The first-order chi connectivity index (χ1) is 9.08. The first-order valence-electron chi connectivity index (χ1n) is 5.74. The van der Waals surface area contributed by atoms with Crippen molar-refractivity contribution in [3.05, 3.63) is 64.4 Å². The Morgan fingerprint density at radius 3 is 2.68 bits per heavy atom. The van der Waals surface area contributed by atoms with Crippen LogP contribution in [0.2, 0.25) is 5.02 Å². The Morgan fingerprint density at radius 1 is 1.26 bits per heavy atom. The number of rotatable bonds is 4. The van der Waals surface area contributed by atoms with Gasteiger partial charge in [0.1, 0.15) is 5.82 Å². The van der Waals surface area contributed by atoms with Crippen LogP contribution < -0.4 is 0 Å². The second-order valence-electron chi connectivity index (χ2n) is 4.11. The van der Waals surface area contributed by atoms with E-state index in [1.54, 1.807) is 25.1 Å². The molecule has 0 heterocycles. The molecule has 2 aromatic rings. The third kappa shape index (κ3) is 3.58. The molecule has 0 aliphatic carbocycles. The largest absolute Gasteiger partial charge is 0.293 e. The van der Waals surface area contributed by atoms with Crippen molar-refractivity contribution in [2.45, 2.75) is 11.8 Å². The summed E-state index contributed by atoms with van der Waals surface area (Å²) >= 11 is 7.36. The summed E-state index contributed by atoms with van der Waals surface area (Å²) in [5.41, 5.74) is 0.929. The lowest BCUT2D eigenvalue weighted by atomic mass is 10.1. The van der Waals surface area contributed by atoms with E-state index in [0.717, 1.165) is 4.90 Å². The molecule has 0 fully saturated rings. The quantitative estimate of drug-likeness (QED) is 0.597. The predicted octanol–water partition coefficient (Wildman–Crippen LogP) is 4.76. The molecule has 0 saturated heterocycles. The van der Waals surface area contributed by atoms with Gasteiger partial charge in [-0.25, -0.2) is 4.39 Å². The van der Waals surface area contributed by atoms with Gasteiger partial charge in [0.15, 0.2) is 5.78 Å². The molecule has 98 valence electrons. The summed E-state index contributed by atoms with van der Waals surface area (Å²) in [5, 5.41) is 0.621. The highest BCUT2D eigenvalue weighted by Gasteiger charge is 2.10. The van der Waals surface area contributed by atoms with E-state index in [4.69, 9.17) is 11.6 Å². The van der Waals surface area contributed by atoms with Crippen molar-refractivity contribution in [3.8, 4) is 0 Å². The van der Waals surface area contributed by atoms with Gasteiger partial charge in [-0.15, -0.1) is 11.8 Å². The third-order valence-electron chi connectivity index (χ3n) is 2.69. The summed E-state index contributed by atoms with van der Waals surface area (Å²) < 4.78 is 13.4. The molecule has 4 heteroatoms. The fourth-order valence-corrected chi connectivity index (χ4v) is 2.69. The summed E-state index contributed by atoms with van der Waals surface area (Å²) in [6.07, 6.45) is 0. The Morgan fingerprint density at radius 2 is 2.00 bits per heavy atom. The molecule has 0 radical (unpaired) electrons. The maximum Gasteiger partial charge on any atom is 0.173 e. The molecule has 0 aromatic heterocycles. The standard InChI is InChI=1S/C15H12ClFOS/c1-10-6-7-11(8-13(10)17)14(18)9-19-15-5-3-2-4-12(15)16/h2-8H,9H2,1H3. The van der Waals surface area contributed by atoms with Crippen LogP contribution in [-0.4, -0.2) is 11.5 Å². The molecule has 1 nitrogen and oxygen atoms in total. The molecule has 2 aromatic carbocycles. The van der Waals surface area contributed by atoms with E-state index in [-0.39, 0.29) is 17.4 Å². The van der Waals surface area contributed by atoms with Gasteiger partial charge in [-0.2, -0.15) is 0 Å². The van der Waals surface area contributed by atoms with Gasteiger partial charge in [0.2, 0.25) is 0 Å². The summed E-state index contributed by atoms with van der Waals surface area (Å²) in [4.78, 5) is 12.8. The lowest BCUT2D eigenvalue weighted by Crippen LogP contribution is -2.03. The lowest BCUT2D eigenvalue weighted by Gasteiger charge is -2.04. The Kier molecular flexibility index (Phi) is 4.61. The van der Waals surface area contributed by atoms with Gasteiger partial charge in [0, 0.05) is 10.5 Å². The summed E-state index contributed by atoms with van der Waals surface area (Å²) in [7, 11) is 0. The first-order valence-corrected chi connectivity index (χ1v) is 7.11. The summed E-state index contributed by atoms with van der Waals surface area (Å²) in [6.45, 7) is 1.67. The Balaban J connectivity index is 2.05. The maximum atomic E-state index is 13.4. The number of aryl methyl sites for hydroxylation is 1. The van der Waals surface area contributed by atoms with Crippen LogP contribution in [0, 0.1) is 12.7 Å². The van der Waals surface area contributed by atoms with Crippen molar-refractivity contribution in [1.82, 2.24) is 0 Å². The molecule has 0 saturated carbocycles. The van der Waals surface area contributed by atoms with E-state index in [1.807, 2.05) is 18.2 Å². The maximum absolute atomic E-state index is 13.4. The van der Waals surface area contributed by atoms with Crippen LogP contribution in [0.25, 0.3) is 0 Å². The molecule has 0 bridgehead atoms. The van der Waals surface area contributed by atoms with E-state index in [1.165, 1.54) is 17.8 Å². The molecule has 0 unspecified atom stereocenters. The number of hydrogen-bond acceptors (Lipinski definition) is 2. The average Bonchev–Trinajstić information content (AvgIpc) is 2.40. The number of carbonyl (C=O) groups excluding carboxylic acids is 1. The van der Waals surface area contributed by atoms with Gasteiger partial charge in [-0.05, 0) is 30.7 Å². The van der Waals surface area contributed by atoms with Crippen LogP contribution in [-0.2, 0) is 0 Å². The van der Waals surface area contributed by atoms with Gasteiger partial charge in [-0.1, -0.05) is 35.9 Å². The van der Waals surface area contributed by atoms with Crippen LogP contribution in [0.4, 0.5) is 4.39 Å². The van der Waals surface area contributed by atoms with Crippen LogP contribution in [0.3, 0.4) is 0 Å². The number of benzene rings is 2. The van der Waals surface area contributed by atoms with Gasteiger partial charge >= 0.3 is 0 Å². The highest BCUT2D eigenvalue weighted by Crippen LogP contribution is 2.27. The number of halogens is 2. The third-order valence-corrected chi connectivity index (χ3v) is 4.20. The minimum absolute atomic E-state index is 0.108. The van der Waals surface area contributed by atoms with Gasteiger partial charge < -0.3 is 0 Å². The number of Topliss-reactive ketones (excluding diaryl/α,β-unsaturated/α-hetero) is 1. The smallest absolute Gasteiger partial charge is 0.173 e. The van der Waals surface area contributed by atoms with E-state index in [2.05, 4.69) is 0 Å². The van der Waals surface area contributed by atoms with Crippen LogP contribution in [0.1, 0.15) is 15.9 Å². The molecule has 0 aliphatic rings. The predicted molar refractivity (Wildman–Crippen MR) is 77.6 cm³/mol. The van der Waals surface area contributed by atoms with E-state index in [9.17, 15) is 9.18 Å². The first kappa shape index (κ1) is 14.1. The Hall–Kier alpha value is -1.32. The Labute approximate surface area is 120 Å². The summed E-state index contributed by atoms with van der Waals surface area (Å²) in [6, 6.07) is 11.9. The fraction of sp³-hybridized carbons (Fsp3) is 0.133. The zero-order valence-corrected chi connectivity index (χ0v) is 11.9. The molecule has 0 atom stereocenters. The highest BCUT2D eigenvalue weighted by molar-refractivity contribution is 8.00. The molecule has 0 amide bonds. The average molecular weight is 295 g/mol. The monoisotopic (exact) mass is 294 g/mol. The van der Waals surface area contributed by atoms with E-state index < -0.39 is 0 Å². The zero-order chi connectivity index (χ0) is 13.8. The van der Waals surface area contributed by atoms with Crippen molar-refractivity contribution in [3.63, 3.8) is 0 Å². The second-order valence-corrected chi connectivity index (χ2v) is 5.53. The van der Waals surface area contributed by atoms with Gasteiger partial charge in [0.05, 0.1) is 10.8 Å². The van der Waals surface area contributed by atoms with Crippen molar-refractivity contribution in [2.24, 2.45) is 0 Å². The van der Waals surface area contributed by atoms with Crippen molar-refractivity contribution < 1.29 is 9.18 Å². The van der Waals surface area contributed by atoms with E-state index in [0.29, 0.717) is 16.1 Å². The topological polar surface area (TPSA) is 17.1 Å². The van der Waals surface area contributed by atoms with Crippen LogP contribution in [0.5, 0.6) is 0 Å². The number of thioether (sulfide) groups is 1. The van der Waals surface area contributed by atoms with Gasteiger partial charge in [-0.3, -0.25) is 4.79 Å². The van der Waals surface area contributed by atoms with Crippen molar-refractivity contribution in [2.75, 3.05) is 5.75 Å². The lowest BCUT2D eigenvalue weighted by molar-refractivity contribution is 0.102. The minimum atomic E-state index is -0.353. The molecular weight excluding hydrogens is 283 g/mol. The molecular formula is C15H12ClFOS. The van der Waals surface area contributed by atoms with Crippen LogP contribution in [0.15, 0.2) is 47.4 Å². The normalized spacial score (nSPS) is 10.5. The van der Waals surface area contributed by atoms with E-state index >= 15 is 0 Å². The minimum Gasteiger partial charge on any atom is -0.293 e. The SMILES string of the molecule is Cc1ccc(C(=O)CSc2ccccc2Cl)cc1F. The summed E-state index contributed by atoms with van der Waals surface area (Å²) in [5.74, 6) is -0.218. The molecule has 0 spiro atoms. The van der Waals surface area contributed by atoms with Crippen LogP contribution >= 0.6 is 23.4 Å². The number of carbonyl (C=O) groups is 1. The molecule has 0 N–H and O–H groups in total. The zero-order valence-electron chi connectivity index (χ0n) is 10.3. The van der Waals surface area contributed by atoms with Gasteiger partial charge in [0.25, 0.3) is 0 Å².